The van der Waals surface area contributed by atoms with Gasteiger partial charge in [0.1, 0.15) is 13.5 Å². The molecule has 0 heterocycles. The van der Waals surface area contributed by atoms with E-state index < -0.39 is 24.4 Å². The minimum atomic E-state index is -0.503. The number of rotatable bonds is 22. The van der Waals surface area contributed by atoms with E-state index >= 15 is 0 Å². The average Bonchev–Trinajstić information content (AvgIpc) is 3.91. The highest BCUT2D eigenvalue weighted by Gasteiger charge is 2.67. The molecule has 15 nitrogen and oxygen atoms in total. The van der Waals surface area contributed by atoms with Gasteiger partial charge in [-0.3, -0.25) is 19.2 Å². The normalized spacial score (nSPS) is 44.5. The molecule has 8 aliphatic carbocycles. The zero-order valence-electron chi connectivity index (χ0n) is 45.5. The minimum absolute atomic E-state index is 0.00247. The highest BCUT2D eigenvalue weighted by molar-refractivity contribution is 5.76. The summed E-state index contributed by atoms with van der Waals surface area (Å²) < 4.78 is 9.87. The zero-order valence-corrected chi connectivity index (χ0v) is 45.5. The number of nitrogens with zero attached hydrogens (tertiary/aromatic N) is 2. The van der Waals surface area contributed by atoms with Crippen LogP contribution in [0.25, 0.3) is 0 Å². The van der Waals surface area contributed by atoms with Gasteiger partial charge in [-0.05, 0) is 208 Å². The molecular weight excluding hydrogens is 931 g/mol. The number of fused-ring (bicyclic) bond motifs is 10. The molecule has 15 heteroatoms. The number of ether oxygens (including phenoxy) is 2. The molecule has 12 unspecified atom stereocenters. The molecule has 0 saturated heterocycles. The number of amides is 2. The van der Waals surface area contributed by atoms with Crippen LogP contribution in [0.1, 0.15) is 170 Å². The monoisotopic (exact) mass is 1030 g/mol. The van der Waals surface area contributed by atoms with Crippen LogP contribution in [0.3, 0.4) is 0 Å². The first-order valence-electron chi connectivity index (χ1n) is 29.2. The summed E-state index contributed by atoms with van der Waals surface area (Å²) in [4.78, 5) is 53.1. The lowest BCUT2D eigenvalue weighted by Crippen LogP contribution is -2.62. The second-order valence-corrected chi connectivity index (χ2v) is 26.7. The van der Waals surface area contributed by atoms with Crippen molar-refractivity contribution in [1.82, 2.24) is 15.1 Å². The first-order chi connectivity index (χ1) is 34.7. The number of aliphatic hydroxyl groups excluding tert-OH is 6. The molecule has 8 fully saturated rings. The highest BCUT2D eigenvalue weighted by Crippen LogP contribution is 2.70. The largest absolute Gasteiger partial charge is 0.452 e. The number of carbonyl (C=O) groups is 4. The van der Waals surface area contributed by atoms with Gasteiger partial charge in [0.25, 0.3) is 12.9 Å². The molecule has 8 aliphatic rings. The molecule has 22 atom stereocenters. The molecule has 8 saturated carbocycles. The van der Waals surface area contributed by atoms with Gasteiger partial charge in [-0.1, -0.05) is 41.5 Å². The molecule has 0 radical (unpaired) electrons. The van der Waals surface area contributed by atoms with Gasteiger partial charge < -0.3 is 50.3 Å². The standard InChI is InChI=1S/C58H97N3O12/c1-35(41-11-13-43-53-45(29-49(68)57(41,43)5)55(3)19-17-39(64)25-37(55)27-47(53)66)9-15-51(70)59-21-7-23-61(24-8-22-60(31-72-33-62)32-73-34-63)52(71)16-10-36(2)42-12-14-44-54-46(30-50(69)58(42,44)6)56(4)20-18-40(65)26-38(56)28-48(54)67/h33-50,53-54,64-69H,7-32H2,1-6H3,(H,59,70)/t35?,36?,37?,38?,39-,40-,41?,42?,43?,44?,45?,46?,47-,48-,49+,50+,53?,54?,55+,56+,57-,58-/m1/s1. The van der Waals surface area contributed by atoms with E-state index in [0.717, 1.165) is 70.6 Å². The van der Waals surface area contributed by atoms with Crippen LogP contribution >= 0.6 is 0 Å². The lowest BCUT2D eigenvalue weighted by molar-refractivity contribution is -0.207. The Kier molecular flexibility index (Phi) is 18.1. The summed E-state index contributed by atoms with van der Waals surface area (Å²) in [5.41, 5.74) is -0.671. The van der Waals surface area contributed by atoms with E-state index in [4.69, 9.17) is 9.47 Å². The number of hydrogen-bond donors (Lipinski definition) is 7. The third-order valence-electron chi connectivity index (χ3n) is 23.5. The van der Waals surface area contributed by atoms with Crippen molar-refractivity contribution >= 4 is 24.8 Å². The number of carbonyl (C=O) groups excluding carboxylic acids is 4. The van der Waals surface area contributed by atoms with Crippen molar-refractivity contribution in [3.8, 4) is 0 Å². The molecule has 0 aromatic rings. The topological polar surface area (TPSA) is 227 Å². The summed E-state index contributed by atoms with van der Waals surface area (Å²) >= 11 is 0. The van der Waals surface area contributed by atoms with Gasteiger partial charge in [0, 0.05) is 39.0 Å². The summed E-state index contributed by atoms with van der Waals surface area (Å²) in [6, 6.07) is 0. The van der Waals surface area contributed by atoms with E-state index in [1.807, 2.05) is 4.90 Å². The van der Waals surface area contributed by atoms with Crippen molar-refractivity contribution in [1.29, 1.82) is 0 Å². The molecule has 416 valence electrons. The van der Waals surface area contributed by atoms with Crippen molar-refractivity contribution in [2.75, 3.05) is 39.6 Å². The fourth-order valence-corrected chi connectivity index (χ4v) is 19.4. The van der Waals surface area contributed by atoms with Gasteiger partial charge in [-0.2, -0.15) is 0 Å². The maximum Gasteiger partial charge on any atom is 0.294 e. The van der Waals surface area contributed by atoms with Crippen LogP contribution in [0, 0.1) is 92.7 Å². The van der Waals surface area contributed by atoms with Gasteiger partial charge in [0.15, 0.2) is 0 Å². The Morgan fingerprint density at radius 1 is 0.603 bits per heavy atom. The van der Waals surface area contributed by atoms with Crippen molar-refractivity contribution in [3.63, 3.8) is 0 Å². The molecule has 0 aromatic carbocycles. The number of aliphatic hydroxyl groups is 6. The summed E-state index contributed by atoms with van der Waals surface area (Å²) in [5, 5.41) is 71.8. The van der Waals surface area contributed by atoms with Crippen LogP contribution in [-0.4, -0.2) is 141 Å². The third kappa shape index (κ3) is 10.9. The highest BCUT2D eigenvalue weighted by atomic mass is 16.6. The van der Waals surface area contributed by atoms with Crippen molar-refractivity contribution in [2.45, 2.75) is 207 Å². The van der Waals surface area contributed by atoms with Crippen LogP contribution in [0.4, 0.5) is 0 Å². The second kappa shape index (κ2) is 23.3. The predicted molar refractivity (Wildman–Crippen MR) is 274 cm³/mol. The lowest BCUT2D eigenvalue weighted by atomic mass is 9.43. The van der Waals surface area contributed by atoms with Gasteiger partial charge in [0.05, 0.1) is 36.6 Å². The summed E-state index contributed by atoms with van der Waals surface area (Å²) in [5.74, 6) is 2.50. The molecule has 8 rings (SSSR count). The van der Waals surface area contributed by atoms with E-state index in [0.29, 0.717) is 96.9 Å². The Hall–Kier alpha value is -2.40. The Balaban J connectivity index is 0.837. The Morgan fingerprint density at radius 3 is 1.55 bits per heavy atom. The fraction of sp³-hybridized carbons (Fsp3) is 0.931. The fourth-order valence-electron chi connectivity index (χ4n) is 19.4. The number of nitrogens with one attached hydrogen (secondary N) is 1. The Bertz CT molecular complexity index is 1880. The number of hydrogen-bond acceptors (Lipinski definition) is 13. The molecule has 0 aliphatic heterocycles. The quantitative estimate of drug-likeness (QED) is 0.0374. The van der Waals surface area contributed by atoms with E-state index in [2.05, 4.69) is 46.9 Å². The lowest BCUT2D eigenvalue weighted by Gasteiger charge is -2.63. The van der Waals surface area contributed by atoms with Crippen LogP contribution in [0.2, 0.25) is 0 Å². The van der Waals surface area contributed by atoms with Crippen molar-refractivity contribution in [3.05, 3.63) is 0 Å². The molecule has 0 spiro atoms. The Morgan fingerprint density at radius 2 is 1.07 bits per heavy atom. The predicted octanol–water partition coefficient (Wildman–Crippen LogP) is 6.03. The van der Waals surface area contributed by atoms with Gasteiger partial charge in [-0.25, -0.2) is 4.90 Å². The van der Waals surface area contributed by atoms with E-state index in [1.54, 1.807) is 4.90 Å². The first kappa shape index (κ1) is 56.8. The van der Waals surface area contributed by atoms with E-state index in [-0.39, 0.29) is 130 Å². The van der Waals surface area contributed by atoms with E-state index in [9.17, 15) is 49.8 Å². The second-order valence-electron chi connectivity index (χ2n) is 26.7. The van der Waals surface area contributed by atoms with Gasteiger partial charge in [0.2, 0.25) is 11.8 Å². The van der Waals surface area contributed by atoms with Gasteiger partial charge in [-0.15, -0.1) is 0 Å². The van der Waals surface area contributed by atoms with Crippen LogP contribution < -0.4 is 5.32 Å². The molecule has 2 amide bonds. The summed E-state index contributed by atoms with van der Waals surface area (Å²) in [6.45, 7) is 15.9. The molecule has 7 N–H and O–H groups in total. The first-order valence-corrected chi connectivity index (χ1v) is 29.2. The molecule has 0 bridgehead atoms. The maximum atomic E-state index is 14.2. The molecule has 0 aromatic heterocycles. The molecular formula is C58H97N3O12. The Labute approximate surface area is 436 Å². The van der Waals surface area contributed by atoms with Crippen LogP contribution in [0.15, 0.2) is 0 Å². The average molecular weight is 1030 g/mol. The third-order valence-corrected chi connectivity index (χ3v) is 23.5. The minimum Gasteiger partial charge on any atom is -0.452 e. The van der Waals surface area contributed by atoms with Crippen LogP contribution in [-0.2, 0) is 28.7 Å². The summed E-state index contributed by atoms with van der Waals surface area (Å²) in [7, 11) is 0. The summed E-state index contributed by atoms with van der Waals surface area (Å²) in [6.07, 6.45) is 12.3. The van der Waals surface area contributed by atoms with Gasteiger partial charge >= 0.3 is 0 Å². The smallest absolute Gasteiger partial charge is 0.294 e. The SMILES string of the molecule is CC(CCC(=O)NCCCN(CCCN(COC=O)COC=O)C(=O)CCC(C)C1CCC2C3C(C[C@H](O)[C@]12C)[C@@]1(C)CC[C@@H](O)CC1C[C@H]3O)C1CCC2C3C(C[C@H](O)[C@]12C)[C@@]1(C)CC[C@@H](O)CC1C[C@H]3O. The zero-order chi connectivity index (χ0) is 52.6. The molecule has 73 heavy (non-hydrogen) atoms. The van der Waals surface area contributed by atoms with E-state index in [1.165, 1.54) is 0 Å². The van der Waals surface area contributed by atoms with Crippen LogP contribution in [0.5, 0.6) is 0 Å². The maximum absolute atomic E-state index is 14.2. The van der Waals surface area contributed by atoms with Crippen molar-refractivity contribution in [2.24, 2.45) is 92.7 Å². The van der Waals surface area contributed by atoms with Crippen molar-refractivity contribution < 1.29 is 59.3 Å².